The molecule has 4 aromatic rings. The van der Waals surface area contributed by atoms with Crippen LogP contribution in [0.1, 0.15) is 22.8 Å². The summed E-state index contributed by atoms with van der Waals surface area (Å²) in [6.07, 6.45) is 1.42. The molecule has 6 nitrogen and oxygen atoms in total. The van der Waals surface area contributed by atoms with Gasteiger partial charge in [0.05, 0.1) is 5.52 Å². The molecule has 0 saturated heterocycles. The number of hydrogen-bond donors (Lipinski definition) is 2. The number of carbonyl (C=O) groups excluding carboxylic acids is 1. The number of fused-ring (bicyclic) bond motifs is 1. The Kier molecular flexibility index (Phi) is 4.72. The molecule has 2 aromatic heterocycles. The van der Waals surface area contributed by atoms with Crippen molar-refractivity contribution in [1.82, 2.24) is 15.5 Å². The number of amides is 1. The van der Waals surface area contributed by atoms with Gasteiger partial charge in [-0.05, 0) is 60.9 Å². The van der Waals surface area contributed by atoms with E-state index in [1.165, 1.54) is 12.3 Å². The third-order valence-corrected chi connectivity index (χ3v) is 4.88. The van der Waals surface area contributed by atoms with Crippen LogP contribution in [0.5, 0.6) is 0 Å². The Balaban J connectivity index is 1.82. The summed E-state index contributed by atoms with van der Waals surface area (Å²) in [5, 5.41) is 22.8. The minimum Gasteiger partial charge on any atom is -0.618 e. The predicted molar refractivity (Wildman–Crippen MR) is 109 cm³/mol. The Morgan fingerprint density at radius 2 is 2.07 bits per heavy atom. The second-order valence-corrected chi connectivity index (χ2v) is 6.73. The van der Waals surface area contributed by atoms with Crippen molar-refractivity contribution in [3.63, 3.8) is 0 Å². The summed E-state index contributed by atoms with van der Waals surface area (Å²) in [5.74, 6) is -0.757. The van der Waals surface area contributed by atoms with Gasteiger partial charge in [0.25, 0.3) is 5.91 Å². The summed E-state index contributed by atoms with van der Waals surface area (Å²) in [6, 6.07) is 13.6. The molecule has 0 spiro atoms. The summed E-state index contributed by atoms with van der Waals surface area (Å²) >= 11 is 0. The van der Waals surface area contributed by atoms with E-state index in [0.29, 0.717) is 34.6 Å². The number of benzene rings is 2. The van der Waals surface area contributed by atoms with Crippen molar-refractivity contribution in [3.8, 4) is 22.5 Å². The second-order valence-electron chi connectivity index (χ2n) is 6.73. The summed E-state index contributed by atoms with van der Waals surface area (Å²) < 4.78 is 15.2. The maximum Gasteiger partial charge on any atom is 0.251 e. The largest absolute Gasteiger partial charge is 0.618 e. The smallest absolute Gasteiger partial charge is 0.251 e. The molecule has 0 fully saturated rings. The van der Waals surface area contributed by atoms with E-state index in [2.05, 4.69) is 15.5 Å². The molecule has 0 radical (unpaired) electrons. The predicted octanol–water partition coefficient (Wildman–Crippen LogP) is 3.73. The SMILES string of the molecule is CCNC(=O)c1cc(F)c(C)c(-c2ccc3c(-c4cccc[n+]4[O-])n[nH]c3c2)c1. The summed E-state index contributed by atoms with van der Waals surface area (Å²) in [5.41, 5.74) is 3.79. The van der Waals surface area contributed by atoms with E-state index in [0.717, 1.165) is 15.7 Å². The van der Waals surface area contributed by atoms with Crippen LogP contribution in [0.3, 0.4) is 0 Å². The fourth-order valence-electron chi connectivity index (χ4n) is 3.37. The molecular weight excluding hydrogens is 371 g/mol. The van der Waals surface area contributed by atoms with Crippen LogP contribution >= 0.6 is 0 Å². The lowest BCUT2D eigenvalue weighted by Crippen LogP contribution is -2.28. The molecular formula is C22H19FN4O2. The number of aromatic amines is 1. The quantitative estimate of drug-likeness (QED) is 0.411. The maximum absolute atomic E-state index is 14.5. The van der Waals surface area contributed by atoms with E-state index in [4.69, 9.17) is 0 Å². The Morgan fingerprint density at radius 1 is 1.24 bits per heavy atom. The highest BCUT2D eigenvalue weighted by Gasteiger charge is 2.18. The molecule has 0 aliphatic carbocycles. The van der Waals surface area contributed by atoms with Crippen molar-refractivity contribution >= 4 is 16.8 Å². The molecule has 146 valence electrons. The minimum absolute atomic E-state index is 0.270. The lowest BCUT2D eigenvalue weighted by molar-refractivity contribution is -0.593. The van der Waals surface area contributed by atoms with Gasteiger partial charge in [-0.25, -0.2) is 4.39 Å². The van der Waals surface area contributed by atoms with Gasteiger partial charge in [-0.1, -0.05) is 6.07 Å². The van der Waals surface area contributed by atoms with Crippen LogP contribution in [-0.4, -0.2) is 22.6 Å². The fourth-order valence-corrected chi connectivity index (χ4v) is 3.37. The van der Waals surface area contributed by atoms with E-state index in [1.807, 2.05) is 25.1 Å². The Bertz CT molecular complexity index is 1230. The van der Waals surface area contributed by atoms with E-state index in [-0.39, 0.29) is 11.5 Å². The van der Waals surface area contributed by atoms with Gasteiger partial charge in [0.2, 0.25) is 5.69 Å². The van der Waals surface area contributed by atoms with Gasteiger partial charge in [-0.15, -0.1) is 0 Å². The maximum atomic E-state index is 14.5. The lowest BCUT2D eigenvalue weighted by atomic mass is 9.96. The van der Waals surface area contributed by atoms with Crippen LogP contribution in [0, 0.1) is 17.9 Å². The fraction of sp³-hybridized carbons (Fsp3) is 0.136. The molecule has 0 unspecified atom stereocenters. The second kappa shape index (κ2) is 7.35. The van der Waals surface area contributed by atoms with E-state index >= 15 is 0 Å². The van der Waals surface area contributed by atoms with E-state index < -0.39 is 5.82 Å². The normalized spacial score (nSPS) is 11.0. The van der Waals surface area contributed by atoms with Crippen LogP contribution in [0.4, 0.5) is 4.39 Å². The Labute approximate surface area is 166 Å². The van der Waals surface area contributed by atoms with Crippen LogP contribution in [0.15, 0.2) is 54.7 Å². The minimum atomic E-state index is -0.439. The number of rotatable bonds is 4. The zero-order valence-corrected chi connectivity index (χ0v) is 16.0. The van der Waals surface area contributed by atoms with Crippen molar-refractivity contribution in [2.45, 2.75) is 13.8 Å². The van der Waals surface area contributed by atoms with Crippen molar-refractivity contribution in [1.29, 1.82) is 0 Å². The standard InChI is InChI=1S/C22H19FN4O2/c1-3-24-22(28)15-10-17(13(2)18(23)11-15)14-7-8-16-19(12-14)25-26-21(16)20-6-4-5-9-27(20)29/h4-12H,3H2,1-2H3,(H,24,28)(H,25,26). The zero-order chi connectivity index (χ0) is 20.5. The number of H-pyrrole nitrogens is 1. The lowest BCUT2D eigenvalue weighted by Gasteiger charge is -2.11. The Morgan fingerprint density at radius 3 is 2.83 bits per heavy atom. The third kappa shape index (κ3) is 3.31. The van der Waals surface area contributed by atoms with Crippen LogP contribution in [0.2, 0.25) is 0 Å². The molecule has 0 saturated carbocycles. The number of carbonyl (C=O) groups is 1. The highest BCUT2D eigenvalue weighted by molar-refractivity contribution is 5.97. The van der Waals surface area contributed by atoms with Gasteiger partial charge in [-0.2, -0.15) is 9.83 Å². The molecule has 0 aliphatic heterocycles. The summed E-state index contributed by atoms with van der Waals surface area (Å²) in [7, 11) is 0. The molecule has 4 rings (SSSR count). The average molecular weight is 390 g/mol. The van der Waals surface area contributed by atoms with E-state index in [1.54, 1.807) is 31.2 Å². The first-order valence-electron chi connectivity index (χ1n) is 9.25. The Hall–Kier alpha value is -3.74. The average Bonchev–Trinajstić information content (AvgIpc) is 3.13. The molecule has 2 aromatic carbocycles. The van der Waals surface area contributed by atoms with Crippen molar-refractivity contribution < 1.29 is 13.9 Å². The molecule has 0 bridgehead atoms. The number of pyridine rings is 1. The first-order valence-corrected chi connectivity index (χ1v) is 9.25. The number of halogens is 1. The topological polar surface area (TPSA) is 84.7 Å². The van der Waals surface area contributed by atoms with Crippen molar-refractivity contribution in [3.05, 3.63) is 76.9 Å². The molecule has 29 heavy (non-hydrogen) atoms. The van der Waals surface area contributed by atoms with Crippen LogP contribution < -0.4 is 10.0 Å². The van der Waals surface area contributed by atoms with Crippen LogP contribution in [-0.2, 0) is 0 Å². The molecule has 1 amide bonds. The third-order valence-electron chi connectivity index (χ3n) is 4.88. The van der Waals surface area contributed by atoms with Crippen LogP contribution in [0.25, 0.3) is 33.4 Å². The van der Waals surface area contributed by atoms with Gasteiger partial charge >= 0.3 is 0 Å². The molecule has 0 aliphatic rings. The first kappa shape index (κ1) is 18.6. The monoisotopic (exact) mass is 390 g/mol. The first-order chi connectivity index (χ1) is 14.0. The zero-order valence-electron chi connectivity index (χ0n) is 16.0. The molecule has 2 N–H and O–H groups in total. The number of hydrogen-bond acceptors (Lipinski definition) is 3. The molecule has 0 atom stereocenters. The highest BCUT2D eigenvalue weighted by Crippen LogP contribution is 2.31. The number of nitrogens with zero attached hydrogens (tertiary/aromatic N) is 2. The number of aromatic nitrogens is 3. The van der Waals surface area contributed by atoms with Gasteiger partial charge in [-0.3, -0.25) is 9.89 Å². The van der Waals surface area contributed by atoms with Gasteiger partial charge in [0.15, 0.2) is 11.9 Å². The molecule has 7 heteroatoms. The summed E-state index contributed by atoms with van der Waals surface area (Å²) in [6.45, 7) is 3.95. The van der Waals surface area contributed by atoms with E-state index in [9.17, 15) is 14.4 Å². The number of nitrogens with one attached hydrogen (secondary N) is 2. The van der Waals surface area contributed by atoms with Gasteiger partial charge in [0.1, 0.15) is 5.82 Å². The van der Waals surface area contributed by atoms with Gasteiger partial charge in [0, 0.05) is 29.6 Å². The van der Waals surface area contributed by atoms with Gasteiger partial charge < -0.3 is 10.5 Å². The molecule has 2 heterocycles. The van der Waals surface area contributed by atoms with Crippen molar-refractivity contribution in [2.24, 2.45) is 0 Å². The van der Waals surface area contributed by atoms with Crippen molar-refractivity contribution in [2.75, 3.05) is 6.54 Å². The highest BCUT2D eigenvalue weighted by atomic mass is 19.1. The summed E-state index contributed by atoms with van der Waals surface area (Å²) in [4.78, 5) is 12.2.